The number of carbonyl (C=O) groups excluding carboxylic acids is 3. The molecule has 10 heteroatoms. The third-order valence-corrected chi connectivity index (χ3v) is 4.60. The zero-order chi connectivity index (χ0) is 23.8. The van der Waals surface area contributed by atoms with Crippen molar-refractivity contribution in [3.8, 4) is 0 Å². The molecule has 1 aromatic heterocycles. The molecule has 0 aliphatic heterocycles. The number of nitrogens with one attached hydrogen (secondary N) is 2. The van der Waals surface area contributed by atoms with Gasteiger partial charge in [-0.2, -0.15) is 0 Å². The minimum absolute atomic E-state index is 0.0303. The Morgan fingerprint density at radius 3 is 2.52 bits per heavy atom. The molecule has 1 heterocycles. The van der Waals surface area contributed by atoms with E-state index < -0.39 is 22.6 Å². The minimum Gasteiger partial charge on any atom is -0.467 e. The molecule has 2 N–H and O–H groups in total. The summed E-state index contributed by atoms with van der Waals surface area (Å²) in [5, 5.41) is 16.2. The molecule has 33 heavy (non-hydrogen) atoms. The maximum absolute atomic E-state index is 13.0. The number of nitro benzene ring substituents is 1. The molecule has 0 unspecified atom stereocenters. The number of hydrogen-bond donors (Lipinski definition) is 2. The Hall–Kier alpha value is -4.47. The van der Waals surface area contributed by atoms with E-state index >= 15 is 0 Å². The molecule has 0 radical (unpaired) electrons. The molecule has 0 fully saturated rings. The number of rotatable bonds is 9. The molecule has 10 nitrogen and oxygen atoms in total. The fraction of sp³-hybridized carbons (Fsp3) is 0.174. The van der Waals surface area contributed by atoms with E-state index in [9.17, 15) is 24.5 Å². The second-order valence-electron chi connectivity index (χ2n) is 7.24. The summed E-state index contributed by atoms with van der Waals surface area (Å²) in [4.78, 5) is 49.2. The van der Waals surface area contributed by atoms with Crippen molar-refractivity contribution in [3.05, 3.63) is 93.9 Å². The van der Waals surface area contributed by atoms with E-state index in [1.165, 1.54) is 29.4 Å². The highest BCUT2D eigenvalue weighted by Gasteiger charge is 2.22. The van der Waals surface area contributed by atoms with Gasteiger partial charge in [0.25, 0.3) is 11.6 Å². The second kappa shape index (κ2) is 10.7. The van der Waals surface area contributed by atoms with Gasteiger partial charge >= 0.3 is 0 Å². The fourth-order valence-electron chi connectivity index (χ4n) is 3.06. The minimum atomic E-state index is -0.604. The summed E-state index contributed by atoms with van der Waals surface area (Å²) in [6.07, 6.45) is 1.43. The number of aryl methyl sites for hydroxylation is 1. The maximum Gasteiger partial charge on any atom is 0.270 e. The van der Waals surface area contributed by atoms with E-state index in [0.29, 0.717) is 11.4 Å². The van der Waals surface area contributed by atoms with Gasteiger partial charge < -0.3 is 20.0 Å². The molecular weight excluding hydrogens is 428 g/mol. The molecule has 0 bridgehead atoms. The quantitative estimate of drug-likeness (QED) is 0.380. The molecular formula is C23H22N4O6. The van der Waals surface area contributed by atoms with Crippen LogP contribution in [0.15, 0.2) is 71.3 Å². The highest BCUT2D eigenvalue weighted by atomic mass is 16.6. The number of anilines is 1. The Morgan fingerprint density at radius 2 is 1.82 bits per heavy atom. The zero-order valence-corrected chi connectivity index (χ0v) is 17.8. The Bertz CT molecular complexity index is 1160. The normalized spacial score (nSPS) is 10.3. The highest BCUT2D eigenvalue weighted by molar-refractivity contribution is 5.98. The van der Waals surface area contributed by atoms with Gasteiger partial charge in [-0.05, 0) is 42.8 Å². The van der Waals surface area contributed by atoms with Crippen LogP contribution >= 0.6 is 0 Å². The molecule has 170 valence electrons. The van der Waals surface area contributed by atoms with Crippen molar-refractivity contribution in [2.24, 2.45) is 0 Å². The molecule has 3 amide bonds. The number of amides is 3. The molecule has 0 atom stereocenters. The van der Waals surface area contributed by atoms with Crippen LogP contribution in [0.5, 0.6) is 0 Å². The van der Waals surface area contributed by atoms with Gasteiger partial charge in [-0.3, -0.25) is 24.5 Å². The van der Waals surface area contributed by atoms with E-state index in [1.54, 1.807) is 30.3 Å². The van der Waals surface area contributed by atoms with Gasteiger partial charge in [-0.1, -0.05) is 18.2 Å². The van der Waals surface area contributed by atoms with E-state index in [2.05, 4.69) is 10.6 Å². The fourth-order valence-corrected chi connectivity index (χ4v) is 3.06. The number of non-ortho nitro benzene ring substituents is 1. The van der Waals surface area contributed by atoms with Crippen LogP contribution in [0, 0.1) is 17.0 Å². The lowest BCUT2D eigenvalue weighted by atomic mass is 10.1. The van der Waals surface area contributed by atoms with Gasteiger partial charge in [-0.25, -0.2) is 0 Å². The molecule has 3 aromatic rings. The Kier molecular flexibility index (Phi) is 7.53. The van der Waals surface area contributed by atoms with E-state index in [-0.39, 0.29) is 30.9 Å². The Balaban J connectivity index is 1.65. The third-order valence-electron chi connectivity index (χ3n) is 4.60. The van der Waals surface area contributed by atoms with Crippen molar-refractivity contribution in [2.75, 3.05) is 18.4 Å². The van der Waals surface area contributed by atoms with Crippen LogP contribution in [0.2, 0.25) is 0 Å². The molecule has 0 aliphatic rings. The van der Waals surface area contributed by atoms with Crippen LogP contribution in [-0.2, 0) is 16.1 Å². The van der Waals surface area contributed by atoms with Crippen molar-refractivity contribution in [3.63, 3.8) is 0 Å². The van der Waals surface area contributed by atoms with Crippen LogP contribution in [0.3, 0.4) is 0 Å². The monoisotopic (exact) mass is 450 g/mol. The number of nitro groups is 1. The summed E-state index contributed by atoms with van der Waals surface area (Å²) in [7, 11) is 0. The number of furan rings is 1. The summed E-state index contributed by atoms with van der Waals surface area (Å²) in [5.74, 6) is -1.15. The molecule has 0 saturated carbocycles. The summed E-state index contributed by atoms with van der Waals surface area (Å²) >= 11 is 0. The van der Waals surface area contributed by atoms with Crippen molar-refractivity contribution >= 4 is 29.1 Å². The van der Waals surface area contributed by atoms with E-state index in [4.69, 9.17) is 4.42 Å². The maximum atomic E-state index is 13.0. The van der Waals surface area contributed by atoms with Gasteiger partial charge in [0, 0.05) is 23.4 Å². The molecule has 0 aliphatic carbocycles. The summed E-state index contributed by atoms with van der Waals surface area (Å²) in [6.45, 7) is 1.20. The lowest BCUT2D eigenvalue weighted by Crippen LogP contribution is -2.42. The largest absolute Gasteiger partial charge is 0.467 e. The summed E-state index contributed by atoms with van der Waals surface area (Å²) in [6, 6.07) is 15.7. The Morgan fingerprint density at radius 1 is 1.03 bits per heavy atom. The number of nitrogens with zero attached hydrogens (tertiary/aromatic N) is 2. The van der Waals surface area contributed by atoms with E-state index in [0.717, 1.165) is 11.6 Å². The SMILES string of the molecule is Cc1cccc(NC(=O)CNC(=O)CN(Cc2ccco2)C(=O)c2cccc([N+](=O)[O-])c2)c1. The third kappa shape index (κ3) is 6.76. The van der Waals surface area contributed by atoms with Crippen LogP contribution < -0.4 is 10.6 Å². The molecule has 0 spiro atoms. The smallest absolute Gasteiger partial charge is 0.270 e. The van der Waals surface area contributed by atoms with Gasteiger partial charge in [0.05, 0.1) is 24.3 Å². The molecule has 0 saturated heterocycles. The van der Waals surface area contributed by atoms with Crippen LogP contribution in [-0.4, -0.2) is 40.6 Å². The van der Waals surface area contributed by atoms with Crippen molar-refractivity contribution in [2.45, 2.75) is 13.5 Å². The second-order valence-corrected chi connectivity index (χ2v) is 7.24. The highest BCUT2D eigenvalue weighted by Crippen LogP contribution is 2.16. The standard InChI is InChI=1S/C23H22N4O6/c1-16-5-2-7-18(11-16)25-21(28)13-24-22(29)15-26(14-20-9-4-10-33-20)23(30)17-6-3-8-19(12-17)27(31)32/h2-12H,13-15H2,1H3,(H,24,29)(H,25,28). The number of carbonyl (C=O) groups is 3. The van der Waals surface area contributed by atoms with Gasteiger partial charge in [0.15, 0.2) is 0 Å². The molecule has 2 aromatic carbocycles. The predicted molar refractivity (Wildman–Crippen MR) is 119 cm³/mol. The first-order valence-corrected chi connectivity index (χ1v) is 10.0. The molecule has 3 rings (SSSR count). The topological polar surface area (TPSA) is 135 Å². The first kappa shape index (κ1) is 23.2. The van der Waals surface area contributed by atoms with Crippen LogP contribution in [0.25, 0.3) is 0 Å². The number of benzene rings is 2. The van der Waals surface area contributed by atoms with Crippen molar-refractivity contribution in [1.29, 1.82) is 0 Å². The first-order valence-electron chi connectivity index (χ1n) is 10.0. The average molecular weight is 450 g/mol. The van der Waals surface area contributed by atoms with Crippen LogP contribution in [0.1, 0.15) is 21.7 Å². The van der Waals surface area contributed by atoms with Crippen molar-refractivity contribution in [1.82, 2.24) is 10.2 Å². The van der Waals surface area contributed by atoms with E-state index in [1.807, 2.05) is 13.0 Å². The Labute approximate surface area is 189 Å². The summed E-state index contributed by atoms with van der Waals surface area (Å²) in [5.41, 5.74) is 1.40. The first-order chi connectivity index (χ1) is 15.8. The lowest BCUT2D eigenvalue weighted by molar-refractivity contribution is -0.384. The van der Waals surface area contributed by atoms with Crippen molar-refractivity contribution < 1.29 is 23.7 Å². The van der Waals surface area contributed by atoms with Gasteiger partial charge in [-0.15, -0.1) is 0 Å². The van der Waals surface area contributed by atoms with Gasteiger partial charge in [0.1, 0.15) is 12.3 Å². The zero-order valence-electron chi connectivity index (χ0n) is 17.8. The summed E-state index contributed by atoms with van der Waals surface area (Å²) < 4.78 is 5.27. The van der Waals surface area contributed by atoms with Crippen LogP contribution in [0.4, 0.5) is 11.4 Å². The average Bonchev–Trinajstić information content (AvgIpc) is 3.30. The predicted octanol–water partition coefficient (Wildman–Crippen LogP) is 2.89. The lowest BCUT2D eigenvalue weighted by Gasteiger charge is -2.21. The number of hydrogen-bond acceptors (Lipinski definition) is 6. The van der Waals surface area contributed by atoms with Gasteiger partial charge in [0.2, 0.25) is 11.8 Å².